The number of morpholine rings is 1. The molecule has 0 bridgehead atoms. The number of carbonyl (C=O) groups excluding carboxylic acids is 2. The van der Waals surface area contributed by atoms with E-state index in [1.54, 1.807) is 31.1 Å². The summed E-state index contributed by atoms with van der Waals surface area (Å²) in [6, 6.07) is 0. The first-order valence-corrected chi connectivity index (χ1v) is 18.8. The van der Waals surface area contributed by atoms with Gasteiger partial charge in [-0.15, -0.1) is 0 Å². The van der Waals surface area contributed by atoms with E-state index in [-0.39, 0.29) is 42.4 Å². The van der Waals surface area contributed by atoms with Crippen LogP contribution < -0.4 is 0 Å². The van der Waals surface area contributed by atoms with Crippen LogP contribution in [0.3, 0.4) is 0 Å². The minimum Gasteiger partial charge on any atom is -0.457 e. The largest absolute Gasteiger partial charge is 0.457 e. The fourth-order valence-corrected chi connectivity index (χ4v) is 13.2. The van der Waals surface area contributed by atoms with Crippen LogP contribution in [0.5, 0.6) is 0 Å². The van der Waals surface area contributed by atoms with Crippen LogP contribution in [0.4, 0.5) is 0 Å². The number of nitrogens with one attached hydrogen (secondary N) is 1. The topological polar surface area (TPSA) is 123 Å². The van der Waals surface area contributed by atoms with Gasteiger partial charge in [0.15, 0.2) is 18.2 Å². The van der Waals surface area contributed by atoms with E-state index in [0.717, 1.165) is 31.6 Å². The summed E-state index contributed by atoms with van der Waals surface area (Å²) in [5.41, 5.74) is -0.0334. The number of aromatic nitrogens is 2. The molecule has 48 heavy (non-hydrogen) atoms. The summed E-state index contributed by atoms with van der Waals surface area (Å²) in [7, 11) is 0. The molecule has 5 saturated carbocycles. The number of amides is 1. The van der Waals surface area contributed by atoms with E-state index < -0.39 is 18.0 Å². The fourth-order valence-electron chi connectivity index (χ4n) is 13.2. The Hall–Kier alpha value is -2.01. The average molecular weight is 670 g/mol. The molecule has 3 heterocycles. The van der Waals surface area contributed by atoms with Crippen molar-refractivity contribution in [2.45, 2.75) is 142 Å². The molecule has 268 valence electrons. The Morgan fingerprint density at radius 2 is 1.88 bits per heavy atom. The quantitative estimate of drug-likeness (QED) is 0.368. The Morgan fingerprint density at radius 3 is 2.60 bits per heavy atom. The lowest BCUT2D eigenvalue weighted by Gasteiger charge is -2.60. The van der Waals surface area contributed by atoms with Crippen molar-refractivity contribution in [3.63, 3.8) is 0 Å². The third kappa shape index (κ3) is 4.89. The lowest BCUT2D eigenvalue weighted by molar-refractivity contribution is -0.241. The number of nitrogens with zero attached hydrogens (tertiary/aromatic N) is 2. The van der Waals surface area contributed by atoms with E-state index in [0.29, 0.717) is 54.1 Å². The number of aromatic amines is 1. The normalized spacial score (nSPS) is 45.1. The number of rotatable bonds is 6. The Labute approximate surface area is 286 Å². The van der Waals surface area contributed by atoms with Gasteiger partial charge in [0, 0.05) is 27.3 Å². The molecule has 2 aliphatic heterocycles. The molecule has 8 unspecified atom stereocenters. The second-order valence-electron chi connectivity index (χ2n) is 18.1. The zero-order valence-corrected chi connectivity index (χ0v) is 29.8. The van der Waals surface area contributed by atoms with Crippen LogP contribution in [0.1, 0.15) is 118 Å². The number of carbonyl (C=O) groups is 2. The first-order valence-electron chi connectivity index (χ1n) is 18.8. The molecular formula is C38H59N3O7. The lowest BCUT2D eigenvalue weighted by atomic mass is 9.46. The van der Waals surface area contributed by atoms with Gasteiger partial charge in [0.1, 0.15) is 0 Å². The van der Waals surface area contributed by atoms with Crippen LogP contribution in [-0.4, -0.2) is 87.9 Å². The van der Waals surface area contributed by atoms with Crippen molar-refractivity contribution in [2.24, 2.45) is 45.3 Å². The van der Waals surface area contributed by atoms with Gasteiger partial charge in [-0.2, -0.15) is 0 Å². The lowest BCUT2D eigenvalue weighted by Crippen LogP contribution is -2.56. The summed E-state index contributed by atoms with van der Waals surface area (Å²) in [6.07, 6.45) is 13.9. The van der Waals surface area contributed by atoms with E-state index in [9.17, 15) is 14.7 Å². The summed E-state index contributed by atoms with van der Waals surface area (Å²) >= 11 is 0. The van der Waals surface area contributed by atoms with Gasteiger partial charge in [-0.25, -0.2) is 4.98 Å². The Kier molecular flexibility index (Phi) is 7.77. The van der Waals surface area contributed by atoms with Crippen molar-refractivity contribution in [2.75, 3.05) is 19.7 Å². The molecule has 12 atom stereocenters. The number of hydrogen-bond donors (Lipinski definition) is 2. The van der Waals surface area contributed by atoms with Crippen LogP contribution in [0.25, 0.3) is 0 Å². The van der Waals surface area contributed by atoms with E-state index in [1.807, 2.05) is 0 Å². The predicted octanol–water partition coefficient (Wildman–Crippen LogP) is 5.75. The van der Waals surface area contributed by atoms with Crippen LogP contribution in [0.2, 0.25) is 0 Å². The monoisotopic (exact) mass is 669 g/mol. The smallest absolute Gasteiger partial charge is 0.303 e. The predicted molar refractivity (Wildman–Crippen MR) is 179 cm³/mol. The maximum atomic E-state index is 13.0. The minimum absolute atomic E-state index is 0. The Morgan fingerprint density at radius 1 is 1.08 bits per heavy atom. The highest BCUT2D eigenvalue weighted by Gasteiger charge is 2.80. The number of ether oxygens (including phenoxy) is 4. The number of hydrogen-bond acceptors (Lipinski definition) is 8. The summed E-state index contributed by atoms with van der Waals surface area (Å²) < 4.78 is 25.4. The van der Waals surface area contributed by atoms with Gasteiger partial charge in [0.05, 0.1) is 37.1 Å². The molecule has 8 rings (SSSR count). The molecule has 0 aromatic carbocycles. The zero-order chi connectivity index (χ0) is 33.9. The first kappa shape index (κ1) is 33.2. The van der Waals surface area contributed by atoms with E-state index >= 15 is 0 Å². The molecule has 7 fully saturated rings. The van der Waals surface area contributed by atoms with Gasteiger partial charge in [-0.1, -0.05) is 20.8 Å². The third-order valence-corrected chi connectivity index (χ3v) is 15.2. The highest BCUT2D eigenvalue weighted by atomic mass is 16.7. The van der Waals surface area contributed by atoms with Crippen molar-refractivity contribution in [3.05, 3.63) is 18.2 Å². The fraction of sp³-hybridized carbons (Fsp3) is 0.868. The molecule has 2 N–H and O–H groups in total. The van der Waals surface area contributed by atoms with Crippen molar-refractivity contribution in [3.8, 4) is 0 Å². The highest BCUT2D eigenvalue weighted by molar-refractivity contribution is 5.90. The van der Waals surface area contributed by atoms with Crippen molar-refractivity contribution < 1.29 is 35.1 Å². The number of fused-ring (bicyclic) bond motifs is 4. The van der Waals surface area contributed by atoms with E-state index in [2.05, 4.69) is 30.7 Å². The summed E-state index contributed by atoms with van der Waals surface area (Å²) in [5.74, 6) is 2.43. The first-order chi connectivity index (χ1) is 22.7. The number of H-pyrrole nitrogens is 1. The molecule has 7 aliphatic rings. The van der Waals surface area contributed by atoms with Crippen molar-refractivity contribution in [1.29, 1.82) is 0 Å². The van der Waals surface area contributed by atoms with Crippen LogP contribution >= 0.6 is 0 Å². The maximum absolute atomic E-state index is 13.0. The maximum Gasteiger partial charge on any atom is 0.303 e. The SMILES string of the molecule is CC(=O)O[C@@H](C1CCC2C(CC3C4CCC5C(C)(C)[C@@H](OC6CN(C(=O)c7ncc[nH]7)CCO6)CC[C@@]56C[C@@]46CCC23C)O1)C(C)(C)O.[HH]. The molecule has 5 aliphatic carbocycles. The second-order valence-corrected chi connectivity index (χ2v) is 18.1. The summed E-state index contributed by atoms with van der Waals surface area (Å²) in [6.45, 7) is 13.8. The molecule has 1 amide bonds. The van der Waals surface area contributed by atoms with Crippen molar-refractivity contribution in [1.82, 2.24) is 14.9 Å². The third-order valence-electron chi connectivity index (χ3n) is 15.2. The highest BCUT2D eigenvalue weighted by Crippen LogP contribution is 2.87. The standard InChI is InChI=1S/C38H57N3O7.H2/c1-22(42)46-31(35(4,5)44)26-9-7-24-27(47-26)19-25-23-8-10-28-34(2,3)29(11-12-38(28)21-37(23,38)14-13-36(24,25)6)48-30-20-41(17-18-45-30)33(43)32-39-15-16-40-32;/h15-16,23-31,44H,7-14,17-21H2,1-6H3,(H,39,40);1H/t23?,24?,25?,26?,27?,28?,29-,30?,31-,36?,37-,38+;/m0./s1. The molecular weight excluding hydrogens is 610 g/mol. The summed E-state index contributed by atoms with van der Waals surface area (Å²) in [5, 5.41) is 10.9. The zero-order valence-electron chi connectivity index (χ0n) is 29.8. The van der Waals surface area contributed by atoms with Crippen molar-refractivity contribution >= 4 is 11.9 Å². The van der Waals surface area contributed by atoms with Crippen LogP contribution in [0, 0.1) is 45.3 Å². The van der Waals surface area contributed by atoms with Crippen LogP contribution in [-0.2, 0) is 23.7 Å². The molecule has 2 spiro atoms. The van der Waals surface area contributed by atoms with E-state index in [1.165, 1.54) is 45.4 Å². The number of imidazole rings is 1. The molecule has 2 saturated heterocycles. The van der Waals surface area contributed by atoms with Gasteiger partial charge in [-0.3, -0.25) is 9.59 Å². The second kappa shape index (κ2) is 11.2. The van der Waals surface area contributed by atoms with Crippen LogP contribution in [0.15, 0.2) is 12.4 Å². The van der Waals surface area contributed by atoms with Gasteiger partial charge >= 0.3 is 5.97 Å². The molecule has 1 aromatic rings. The average Bonchev–Trinajstić information content (AvgIpc) is 3.28. The molecule has 10 heteroatoms. The van der Waals surface area contributed by atoms with E-state index in [4.69, 9.17) is 18.9 Å². The molecule has 0 radical (unpaired) electrons. The van der Waals surface area contributed by atoms with Gasteiger partial charge < -0.3 is 33.9 Å². The molecule has 1 aromatic heterocycles. The van der Waals surface area contributed by atoms with Gasteiger partial charge in [-0.05, 0) is 123 Å². The summed E-state index contributed by atoms with van der Waals surface area (Å²) in [4.78, 5) is 33.8. The molecule has 10 nitrogen and oxygen atoms in total. The van der Waals surface area contributed by atoms with Gasteiger partial charge in [0.25, 0.3) is 5.91 Å². The van der Waals surface area contributed by atoms with Gasteiger partial charge in [0.2, 0.25) is 0 Å². The Bertz CT molecular complexity index is 1420. The minimum atomic E-state index is -1.16. The Balaban J connectivity index is 0.00000378. The number of aliphatic hydroxyl groups is 1. The number of esters is 1.